The van der Waals surface area contributed by atoms with Crippen LogP contribution in [0.5, 0.6) is 0 Å². The van der Waals surface area contributed by atoms with Gasteiger partial charge in [-0.3, -0.25) is 13.8 Å². The molecule has 1 aromatic heterocycles. The predicted molar refractivity (Wildman–Crippen MR) is 136 cm³/mol. The summed E-state index contributed by atoms with van der Waals surface area (Å²) in [6.45, 7) is 2.19. The molecule has 0 aliphatic carbocycles. The molecule has 1 saturated heterocycles. The molecular formula is C23H29N5O3S2. The van der Waals surface area contributed by atoms with Gasteiger partial charge in [-0.1, -0.05) is 22.1 Å². The second-order valence-electron chi connectivity index (χ2n) is 8.39. The standard InChI is InChI=1S/C23H29N5O3S2/c1-33(2,31)18-7-5-6-17(13-18)27-23-25-9-4-3-8-19-16(14-26-23)12-20(32-19)22(30)28-11-10-24-21(29)15-28/h3,5-8,12-13,33H,4,9-11,14-15H2,1-2H3,(H,24,29)(H2,25,26,27)/b8-3-. The number of aliphatic imine (C=N–C) groups is 1. The van der Waals surface area contributed by atoms with Gasteiger partial charge in [0.25, 0.3) is 5.91 Å². The molecule has 4 rings (SSSR count). The Kier molecular flexibility index (Phi) is 6.94. The van der Waals surface area contributed by atoms with E-state index in [-0.39, 0.29) is 18.4 Å². The summed E-state index contributed by atoms with van der Waals surface area (Å²) in [4.78, 5) is 33.4. The summed E-state index contributed by atoms with van der Waals surface area (Å²) >= 11 is 1.44. The summed E-state index contributed by atoms with van der Waals surface area (Å²) in [5, 5.41) is 9.37. The van der Waals surface area contributed by atoms with E-state index in [9.17, 15) is 13.8 Å². The van der Waals surface area contributed by atoms with E-state index in [1.54, 1.807) is 17.4 Å². The van der Waals surface area contributed by atoms with Crippen LogP contribution < -0.4 is 16.0 Å². The van der Waals surface area contributed by atoms with Gasteiger partial charge in [0.05, 0.1) is 18.0 Å². The highest BCUT2D eigenvalue weighted by atomic mass is 32.2. The van der Waals surface area contributed by atoms with Crippen LogP contribution in [0.4, 0.5) is 5.69 Å². The van der Waals surface area contributed by atoms with Crippen LogP contribution in [-0.2, 0) is 21.3 Å². The third kappa shape index (κ3) is 5.88. The summed E-state index contributed by atoms with van der Waals surface area (Å²) in [5.74, 6) is 0.379. The number of nitrogens with one attached hydrogen (secondary N) is 3. The molecule has 3 N–H and O–H groups in total. The summed E-state index contributed by atoms with van der Waals surface area (Å²) < 4.78 is 12.4. The molecule has 2 aliphatic heterocycles. The van der Waals surface area contributed by atoms with Crippen LogP contribution in [0.1, 0.15) is 26.5 Å². The average Bonchev–Trinajstić information content (AvgIpc) is 3.19. The number of benzene rings is 1. The molecule has 3 heterocycles. The molecule has 33 heavy (non-hydrogen) atoms. The predicted octanol–water partition coefficient (Wildman–Crippen LogP) is 1.93. The number of rotatable bonds is 3. The summed E-state index contributed by atoms with van der Waals surface area (Å²) in [6.07, 6.45) is 8.43. The molecule has 0 unspecified atom stereocenters. The fourth-order valence-electron chi connectivity index (χ4n) is 3.60. The van der Waals surface area contributed by atoms with Crippen molar-refractivity contribution in [3.05, 3.63) is 51.7 Å². The Balaban J connectivity index is 1.54. The number of nitrogens with zero attached hydrogens (tertiary/aromatic N) is 2. The van der Waals surface area contributed by atoms with E-state index in [2.05, 4.69) is 22.0 Å². The zero-order valence-corrected chi connectivity index (χ0v) is 20.5. The zero-order valence-electron chi connectivity index (χ0n) is 18.8. The maximum atomic E-state index is 12.9. The maximum absolute atomic E-state index is 12.9. The van der Waals surface area contributed by atoms with Crippen molar-refractivity contribution in [1.29, 1.82) is 0 Å². The fraction of sp³-hybridized carbons (Fsp3) is 0.348. The van der Waals surface area contributed by atoms with Crippen LogP contribution >= 0.6 is 11.3 Å². The summed E-state index contributed by atoms with van der Waals surface area (Å²) in [6, 6.07) is 9.46. The van der Waals surface area contributed by atoms with E-state index in [1.807, 2.05) is 36.4 Å². The van der Waals surface area contributed by atoms with Gasteiger partial charge in [0.1, 0.15) is 0 Å². The van der Waals surface area contributed by atoms with Gasteiger partial charge in [0, 0.05) is 35.1 Å². The molecule has 10 heteroatoms. The van der Waals surface area contributed by atoms with E-state index in [0.717, 1.165) is 27.4 Å². The van der Waals surface area contributed by atoms with Crippen molar-refractivity contribution >= 4 is 50.8 Å². The van der Waals surface area contributed by atoms with Gasteiger partial charge in [-0.15, -0.1) is 11.3 Å². The van der Waals surface area contributed by atoms with E-state index in [4.69, 9.17) is 4.99 Å². The van der Waals surface area contributed by atoms with Gasteiger partial charge in [0.15, 0.2) is 5.96 Å². The van der Waals surface area contributed by atoms with Crippen molar-refractivity contribution < 1.29 is 13.8 Å². The highest BCUT2D eigenvalue weighted by molar-refractivity contribution is 8.01. The SMILES string of the molecule is C[SH](C)(=O)c1cccc(N/C2=N/Cc3cc(C(=O)N4CCNC(=O)C4)sc3/C=C\CCN2)c1. The lowest BCUT2D eigenvalue weighted by Crippen LogP contribution is -2.49. The fourth-order valence-corrected chi connectivity index (χ4v) is 5.57. The molecule has 2 amide bonds. The van der Waals surface area contributed by atoms with Gasteiger partial charge in [-0.25, -0.2) is 4.99 Å². The van der Waals surface area contributed by atoms with Gasteiger partial charge >= 0.3 is 0 Å². The lowest BCUT2D eigenvalue weighted by molar-refractivity contribution is -0.123. The molecule has 2 aliphatic rings. The number of carbonyl (C=O) groups excluding carboxylic acids is 2. The number of thiol groups is 1. The lowest BCUT2D eigenvalue weighted by atomic mass is 10.2. The summed E-state index contributed by atoms with van der Waals surface area (Å²) in [5.41, 5.74) is 1.78. The minimum absolute atomic E-state index is 0.0922. The van der Waals surface area contributed by atoms with Crippen molar-refractivity contribution in [2.24, 2.45) is 4.99 Å². The summed E-state index contributed by atoms with van der Waals surface area (Å²) in [7, 11) is -2.36. The van der Waals surface area contributed by atoms with Gasteiger partial charge in [0.2, 0.25) is 5.91 Å². The van der Waals surface area contributed by atoms with Crippen LogP contribution in [0, 0.1) is 0 Å². The molecule has 0 atom stereocenters. The average molecular weight is 488 g/mol. The number of carbonyl (C=O) groups is 2. The molecule has 0 radical (unpaired) electrons. The van der Waals surface area contributed by atoms with Crippen molar-refractivity contribution in [1.82, 2.24) is 15.5 Å². The molecule has 8 nitrogen and oxygen atoms in total. The normalized spacial score (nSPS) is 19.9. The van der Waals surface area contributed by atoms with Gasteiger partial charge < -0.3 is 20.9 Å². The van der Waals surface area contributed by atoms with Crippen LogP contribution in [0.25, 0.3) is 6.08 Å². The van der Waals surface area contributed by atoms with Gasteiger partial charge in [-0.2, -0.15) is 0 Å². The lowest BCUT2D eigenvalue weighted by Gasteiger charge is -2.26. The number of anilines is 1. The Hall–Kier alpha value is -2.98. The Bertz CT molecular complexity index is 1160. The number of amides is 2. The topological polar surface area (TPSA) is 103 Å². The maximum Gasteiger partial charge on any atom is 0.264 e. The quantitative estimate of drug-likeness (QED) is 0.496. The number of hydrogen-bond acceptors (Lipinski definition) is 7. The number of piperazine rings is 1. The van der Waals surface area contributed by atoms with E-state index in [1.165, 1.54) is 11.3 Å². The molecule has 0 spiro atoms. The van der Waals surface area contributed by atoms with Gasteiger partial charge in [-0.05, 0) is 54.8 Å². The number of guanidine groups is 1. The molecule has 176 valence electrons. The first-order valence-electron chi connectivity index (χ1n) is 10.9. The van der Waals surface area contributed by atoms with Crippen molar-refractivity contribution in [3.63, 3.8) is 0 Å². The van der Waals surface area contributed by atoms with Crippen LogP contribution in [0.3, 0.4) is 0 Å². The zero-order chi connectivity index (χ0) is 23.4. The second-order valence-corrected chi connectivity index (χ2v) is 12.7. The smallest absolute Gasteiger partial charge is 0.264 e. The van der Waals surface area contributed by atoms with Crippen molar-refractivity contribution in [3.8, 4) is 0 Å². The molecule has 2 aromatic rings. The van der Waals surface area contributed by atoms with E-state index < -0.39 is 9.93 Å². The highest BCUT2D eigenvalue weighted by Gasteiger charge is 2.24. The Morgan fingerprint density at radius 1 is 1.21 bits per heavy atom. The number of thiophene rings is 1. The number of fused-ring (bicyclic) bond motifs is 1. The second kappa shape index (κ2) is 9.88. The molecular weight excluding hydrogens is 458 g/mol. The molecule has 0 saturated carbocycles. The third-order valence-electron chi connectivity index (χ3n) is 5.39. The third-order valence-corrected chi connectivity index (χ3v) is 8.04. The Labute approximate surface area is 198 Å². The first-order chi connectivity index (χ1) is 15.8. The largest absolute Gasteiger partial charge is 0.356 e. The number of hydrogen-bond donors (Lipinski definition) is 4. The van der Waals surface area contributed by atoms with Crippen LogP contribution in [0.15, 0.2) is 46.3 Å². The highest BCUT2D eigenvalue weighted by Crippen LogP contribution is 2.27. The first-order valence-corrected chi connectivity index (χ1v) is 14.3. The molecule has 1 fully saturated rings. The first kappa shape index (κ1) is 23.2. The van der Waals surface area contributed by atoms with Crippen molar-refractivity contribution in [2.75, 3.05) is 44.0 Å². The van der Waals surface area contributed by atoms with Crippen LogP contribution in [-0.4, -0.2) is 65.6 Å². The minimum Gasteiger partial charge on any atom is -0.356 e. The molecule has 1 aromatic carbocycles. The monoisotopic (exact) mass is 487 g/mol. The van der Waals surface area contributed by atoms with Crippen LogP contribution in [0.2, 0.25) is 0 Å². The Morgan fingerprint density at radius 2 is 2.06 bits per heavy atom. The minimum atomic E-state index is -2.36. The van der Waals surface area contributed by atoms with E-state index >= 15 is 0 Å². The van der Waals surface area contributed by atoms with Crippen molar-refractivity contribution in [2.45, 2.75) is 17.9 Å². The van der Waals surface area contributed by atoms with E-state index in [0.29, 0.717) is 37.0 Å². The molecule has 0 bridgehead atoms. The Morgan fingerprint density at radius 3 is 2.85 bits per heavy atom.